The zero-order chi connectivity index (χ0) is 21.4. The summed E-state index contributed by atoms with van der Waals surface area (Å²) in [5.74, 6) is 0.0439. The Morgan fingerprint density at radius 3 is 2.63 bits per heavy atom. The Hall–Kier alpha value is -2.24. The number of anilines is 1. The highest BCUT2D eigenvalue weighted by Crippen LogP contribution is 2.30. The number of rotatable bonds is 4. The molecule has 2 aliphatic heterocycles. The average Bonchev–Trinajstić information content (AvgIpc) is 2.73. The molecule has 162 valence electrons. The van der Waals surface area contributed by atoms with Crippen LogP contribution in [-0.4, -0.2) is 55.5 Å². The molecule has 1 saturated heterocycles. The summed E-state index contributed by atoms with van der Waals surface area (Å²) in [4.78, 5) is 10.9. The maximum absolute atomic E-state index is 12.9. The standard InChI is InChI=1S/C19H21F3N4O3S/c20-19(21,22)16-3-1-2-14(10-16)13-30(27,28)26-5-4-15-11-23-18(24-17(15)12-26)25-6-8-29-9-7-25/h1-3,10-11H,4-9,12-13H2. The number of halogens is 3. The van der Waals surface area contributed by atoms with Crippen molar-refractivity contribution in [2.45, 2.75) is 24.9 Å². The minimum Gasteiger partial charge on any atom is -0.378 e. The highest BCUT2D eigenvalue weighted by Gasteiger charge is 2.32. The maximum Gasteiger partial charge on any atom is 0.416 e. The van der Waals surface area contributed by atoms with Gasteiger partial charge in [0.15, 0.2) is 0 Å². The van der Waals surface area contributed by atoms with Gasteiger partial charge in [0.2, 0.25) is 16.0 Å². The first-order valence-electron chi connectivity index (χ1n) is 9.54. The van der Waals surface area contributed by atoms with Gasteiger partial charge < -0.3 is 9.64 Å². The van der Waals surface area contributed by atoms with Gasteiger partial charge >= 0.3 is 6.18 Å². The van der Waals surface area contributed by atoms with Crippen molar-refractivity contribution in [3.8, 4) is 0 Å². The Labute approximate surface area is 172 Å². The lowest BCUT2D eigenvalue weighted by Crippen LogP contribution is -2.39. The lowest BCUT2D eigenvalue weighted by Gasteiger charge is -2.30. The highest BCUT2D eigenvalue weighted by atomic mass is 32.2. The van der Waals surface area contributed by atoms with Gasteiger partial charge in [-0.1, -0.05) is 18.2 Å². The number of alkyl halides is 3. The molecular weight excluding hydrogens is 421 g/mol. The molecule has 0 spiro atoms. The first-order chi connectivity index (χ1) is 14.2. The number of benzene rings is 1. The van der Waals surface area contributed by atoms with Gasteiger partial charge in [-0.15, -0.1) is 0 Å². The quantitative estimate of drug-likeness (QED) is 0.723. The second kappa shape index (κ2) is 8.12. The number of aromatic nitrogens is 2. The third kappa shape index (κ3) is 4.57. The van der Waals surface area contributed by atoms with Crippen LogP contribution in [0.1, 0.15) is 22.4 Å². The van der Waals surface area contributed by atoms with E-state index in [4.69, 9.17) is 4.74 Å². The normalized spacial score (nSPS) is 18.3. The molecule has 0 bridgehead atoms. The predicted octanol–water partition coefficient (Wildman–Crippen LogP) is 2.22. The number of fused-ring (bicyclic) bond motifs is 1. The Balaban J connectivity index is 1.52. The molecule has 0 atom stereocenters. The lowest BCUT2D eigenvalue weighted by molar-refractivity contribution is -0.137. The monoisotopic (exact) mass is 442 g/mol. The summed E-state index contributed by atoms with van der Waals surface area (Å²) in [7, 11) is -3.81. The van der Waals surface area contributed by atoms with Crippen LogP contribution in [0.15, 0.2) is 30.5 Å². The summed E-state index contributed by atoms with van der Waals surface area (Å²) in [6, 6.07) is 4.43. The minimum atomic E-state index is -4.52. The number of nitrogens with zero attached hydrogens (tertiary/aromatic N) is 4. The van der Waals surface area contributed by atoms with Gasteiger partial charge in [-0.25, -0.2) is 18.4 Å². The van der Waals surface area contributed by atoms with Crippen molar-refractivity contribution in [1.82, 2.24) is 14.3 Å². The van der Waals surface area contributed by atoms with Crippen LogP contribution in [0.2, 0.25) is 0 Å². The maximum atomic E-state index is 12.9. The lowest BCUT2D eigenvalue weighted by atomic mass is 10.1. The number of hydrogen-bond acceptors (Lipinski definition) is 6. The van der Waals surface area contributed by atoms with Crippen LogP contribution in [0.3, 0.4) is 0 Å². The van der Waals surface area contributed by atoms with Crippen LogP contribution >= 0.6 is 0 Å². The van der Waals surface area contributed by atoms with Crippen molar-refractivity contribution in [2.24, 2.45) is 0 Å². The zero-order valence-electron chi connectivity index (χ0n) is 16.1. The van der Waals surface area contributed by atoms with E-state index < -0.39 is 27.5 Å². The first-order valence-corrected chi connectivity index (χ1v) is 11.1. The summed E-state index contributed by atoms with van der Waals surface area (Å²) in [5, 5.41) is 0. The second-order valence-corrected chi connectivity index (χ2v) is 9.25. The van der Waals surface area contributed by atoms with E-state index in [1.54, 1.807) is 6.20 Å². The van der Waals surface area contributed by atoms with Gasteiger partial charge in [0.1, 0.15) is 0 Å². The molecule has 7 nitrogen and oxygen atoms in total. The molecule has 2 aliphatic rings. The number of ether oxygens (including phenoxy) is 1. The molecule has 1 fully saturated rings. The van der Waals surface area contributed by atoms with Gasteiger partial charge in [-0.3, -0.25) is 0 Å². The van der Waals surface area contributed by atoms with Gasteiger partial charge in [-0.05, 0) is 23.6 Å². The fourth-order valence-corrected chi connectivity index (χ4v) is 5.03. The van der Waals surface area contributed by atoms with E-state index in [0.717, 1.165) is 17.7 Å². The van der Waals surface area contributed by atoms with Gasteiger partial charge in [0.05, 0.1) is 36.8 Å². The smallest absolute Gasteiger partial charge is 0.378 e. The summed E-state index contributed by atoms with van der Waals surface area (Å²) >= 11 is 0. The Morgan fingerprint density at radius 2 is 1.90 bits per heavy atom. The molecule has 3 heterocycles. The molecule has 0 unspecified atom stereocenters. The van der Waals surface area contributed by atoms with Crippen LogP contribution in [0, 0.1) is 0 Å². The Bertz CT molecular complexity index is 1020. The van der Waals surface area contributed by atoms with Crippen molar-refractivity contribution >= 4 is 16.0 Å². The van der Waals surface area contributed by atoms with Gasteiger partial charge in [0, 0.05) is 25.8 Å². The van der Waals surface area contributed by atoms with E-state index in [2.05, 4.69) is 9.97 Å². The van der Waals surface area contributed by atoms with E-state index >= 15 is 0 Å². The molecule has 0 radical (unpaired) electrons. The second-order valence-electron chi connectivity index (χ2n) is 7.28. The van der Waals surface area contributed by atoms with Crippen molar-refractivity contribution in [3.63, 3.8) is 0 Å². The first kappa shape index (κ1) is 21.0. The molecule has 0 aliphatic carbocycles. The minimum absolute atomic E-state index is 0.0798. The fraction of sp³-hybridized carbons (Fsp3) is 0.474. The van der Waals surface area contributed by atoms with E-state index in [-0.39, 0.29) is 18.7 Å². The van der Waals surface area contributed by atoms with E-state index in [0.29, 0.717) is 44.4 Å². The average molecular weight is 442 g/mol. The number of morpholine rings is 1. The van der Waals surface area contributed by atoms with Crippen LogP contribution in [-0.2, 0) is 39.7 Å². The van der Waals surface area contributed by atoms with Crippen LogP contribution in [0.25, 0.3) is 0 Å². The van der Waals surface area contributed by atoms with Gasteiger partial charge in [-0.2, -0.15) is 17.5 Å². The summed E-state index contributed by atoms with van der Waals surface area (Å²) in [6.07, 6.45) is -2.33. The van der Waals surface area contributed by atoms with Crippen LogP contribution in [0.4, 0.5) is 19.1 Å². The molecule has 1 aromatic carbocycles. The molecule has 2 aromatic rings. The fourth-order valence-electron chi connectivity index (χ4n) is 3.56. The molecule has 0 saturated carbocycles. The zero-order valence-corrected chi connectivity index (χ0v) is 16.9. The molecule has 30 heavy (non-hydrogen) atoms. The molecule has 1 aromatic heterocycles. The third-order valence-corrected chi connectivity index (χ3v) is 6.99. The van der Waals surface area contributed by atoms with Crippen LogP contribution in [0.5, 0.6) is 0 Å². The SMILES string of the molecule is O=S(=O)(Cc1cccc(C(F)(F)F)c1)N1CCc2cnc(N3CCOCC3)nc2C1. The Morgan fingerprint density at radius 1 is 1.13 bits per heavy atom. The molecule has 0 N–H and O–H groups in total. The topological polar surface area (TPSA) is 75.6 Å². The third-order valence-electron chi connectivity index (χ3n) is 5.19. The predicted molar refractivity (Wildman–Crippen MR) is 103 cm³/mol. The number of sulfonamides is 1. The largest absolute Gasteiger partial charge is 0.416 e. The Kier molecular flexibility index (Phi) is 5.69. The van der Waals surface area contributed by atoms with Crippen LogP contribution < -0.4 is 4.90 Å². The number of hydrogen-bond donors (Lipinski definition) is 0. The molecule has 4 rings (SSSR count). The van der Waals surface area contributed by atoms with E-state index in [1.807, 2.05) is 4.90 Å². The highest BCUT2D eigenvalue weighted by molar-refractivity contribution is 7.88. The van der Waals surface area contributed by atoms with E-state index in [9.17, 15) is 21.6 Å². The van der Waals surface area contributed by atoms with Crippen molar-refractivity contribution in [3.05, 3.63) is 52.8 Å². The van der Waals surface area contributed by atoms with Gasteiger partial charge in [0.25, 0.3) is 0 Å². The summed E-state index contributed by atoms with van der Waals surface area (Å²) in [5.41, 5.74) is 0.761. The molecule has 11 heteroatoms. The van der Waals surface area contributed by atoms with Crippen molar-refractivity contribution < 1.29 is 26.3 Å². The molecule has 0 amide bonds. The van der Waals surface area contributed by atoms with Crippen molar-refractivity contribution in [2.75, 3.05) is 37.7 Å². The molecular formula is C19H21F3N4O3S. The van der Waals surface area contributed by atoms with Crippen molar-refractivity contribution in [1.29, 1.82) is 0 Å². The summed E-state index contributed by atoms with van der Waals surface area (Å²) < 4.78 is 71.2. The van der Waals surface area contributed by atoms with E-state index in [1.165, 1.54) is 16.4 Å². The summed E-state index contributed by atoms with van der Waals surface area (Å²) in [6.45, 7) is 2.81.